The number of nitrogens with zero attached hydrogens (tertiary/aromatic N) is 3. The van der Waals surface area contributed by atoms with E-state index in [9.17, 15) is 9.18 Å². The largest absolute Gasteiger partial charge is 0.495 e. The Morgan fingerprint density at radius 3 is 2.74 bits per heavy atom. The molecule has 1 aliphatic heterocycles. The quantitative estimate of drug-likeness (QED) is 0.244. The number of halogens is 1. The maximum Gasteiger partial charge on any atom is 0.247 e. The van der Waals surface area contributed by atoms with E-state index in [1.165, 1.54) is 29.3 Å². The highest BCUT2D eigenvalue weighted by Gasteiger charge is 2.22. The number of anilines is 3. The molecule has 2 aromatic heterocycles. The number of aromatic nitrogens is 3. The van der Waals surface area contributed by atoms with Crippen molar-refractivity contribution in [3.63, 3.8) is 0 Å². The number of hydrogen-bond donors (Lipinski definition) is 3. The van der Waals surface area contributed by atoms with E-state index in [1.54, 1.807) is 19.4 Å². The number of likely N-dealkylation sites (tertiary alicyclic amines) is 1. The number of methoxy groups -OCH3 is 1. The van der Waals surface area contributed by atoms with Crippen LogP contribution in [0.1, 0.15) is 29.9 Å². The lowest BCUT2D eigenvalue weighted by Crippen LogP contribution is -2.29. The molecule has 0 bridgehead atoms. The van der Waals surface area contributed by atoms with Crippen LogP contribution in [0.4, 0.5) is 21.7 Å². The Hall–Kier alpha value is -4.44. The van der Waals surface area contributed by atoms with Gasteiger partial charge in [-0.3, -0.25) is 4.79 Å². The molecule has 0 atom stereocenters. The van der Waals surface area contributed by atoms with Crippen LogP contribution >= 0.6 is 0 Å². The van der Waals surface area contributed by atoms with Gasteiger partial charge in [-0.05, 0) is 87.3 Å². The Morgan fingerprint density at radius 2 is 2.00 bits per heavy atom. The summed E-state index contributed by atoms with van der Waals surface area (Å²) in [7, 11) is 3.80. The van der Waals surface area contributed by atoms with Gasteiger partial charge in [0.15, 0.2) is 0 Å². The fourth-order valence-electron chi connectivity index (χ4n) is 4.90. The molecule has 10 heteroatoms. The third-order valence-electron chi connectivity index (χ3n) is 6.91. The molecule has 0 radical (unpaired) electrons. The number of carbonyl (C=O) groups excluding carboxylic acids is 1. The Kier molecular flexibility index (Phi) is 7.47. The van der Waals surface area contributed by atoms with E-state index in [-0.39, 0.29) is 23.3 Å². The van der Waals surface area contributed by atoms with Crippen molar-refractivity contribution in [1.29, 1.82) is 0 Å². The van der Waals surface area contributed by atoms with Crippen molar-refractivity contribution < 1.29 is 18.7 Å². The summed E-state index contributed by atoms with van der Waals surface area (Å²) < 4.78 is 26.0. The number of aromatic amines is 1. The third kappa shape index (κ3) is 5.85. The van der Waals surface area contributed by atoms with Gasteiger partial charge in [-0.25, -0.2) is 4.39 Å². The zero-order valence-corrected chi connectivity index (χ0v) is 22.2. The second kappa shape index (κ2) is 11.1. The van der Waals surface area contributed by atoms with Crippen molar-refractivity contribution in [2.75, 3.05) is 37.9 Å². The first-order valence-electron chi connectivity index (χ1n) is 12.7. The normalized spacial score (nSPS) is 14.3. The second-order valence-corrected chi connectivity index (χ2v) is 9.67. The van der Waals surface area contributed by atoms with Crippen LogP contribution < -0.4 is 20.1 Å². The van der Waals surface area contributed by atoms with Crippen molar-refractivity contribution in [3.05, 3.63) is 72.2 Å². The van der Waals surface area contributed by atoms with E-state index in [0.717, 1.165) is 37.7 Å². The van der Waals surface area contributed by atoms with Gasteiger partial charge in [0, 0.05) is 24.0 Å². The maximum atomic E-state index is 14.3. The molecule has 1 aliphatic rings. The van der Waals surface area contributed by atoms with Crippen molar-refractivity contribution in [2.45, 2.75) is 25.7 Å². The van der Waals surface area contributed by atoms with Crippen molar-refractivity contribution in [1.82, 2.24) is 19.9 Å². The zero-order valence-electron chi connectivity index (χ0n) is 22.2. The zero-order chi connectivity index (χ0) is 27.5. The highest BCUT2D eigenvalue weighted by atomic mass is 19.1. The summed E-state index contributed by atoms with van der Waals surface area (Å²) in [6, 6.07) is 9.84. The van der Waals surface area contributed by atoms with Gasteiger partial charge in [0.25, 0.3) is 0 Å². The molecule has 3 heterocycles. The fourth-order valence-corrected chi connectivity index (χ4v) is 4.90. The standard InChI is InChI=1S/C29H31FN6O3/c1-5-26(37)32-20-13-19(30)14-21(15-20)39-28-22-6-9-31-27(22)34-29(35-28)33-24-12-17(2)23(16-25(24)38-4)18-7-10-36(3)11-8-18/h5-6,9,12-16,18H,1,7-8,10-11H2,2-4H3,(H,32,37)(H2,31,33,34,35). The lowest BCUT2D eigenvalue weighted by molar-refractivity contribution is -0.111. The lowest BCUT2D eigenvalue weighted by atomic mass is 9.86. The van der Waals surface area contributed by atoms with Crippen LogP contribution in [0, 0.1) is 12.7 Å². The summed E-state index contributed by atoms with van der Waals surface area (Å²) >= 11 is 0. The summed E-state index contributed by atoms with van der Waals surface area (Å²) in [5, 5.41) is 6.42. The third-order valence-corrected chi connectivity index (χ3v) is 6.91. The molecule has 4 aromatic rings. The van der Waals surface area contributed by atoms with E-state index < -0.39 is 11.7 Å². The Morgan fingerprint density at radius 1 is 1.21 bits per heavy atom. The van der Waals surface area contributed by atoms with E-state index in [4.69, 9.17) is 9.47 Å². The van der Waals surface area contributed by atoms with Crippen LogP contribution in [0.2, 0.25) is 0 Å². The van der Waals surface area contributed by atoms with E-state index in [1.807, 2.05) is 0 Å². The minimum atomic E-state index is -0.575. The van der Waals surface area contributed by atoms with Crippen LogP contribution in [-0.2, 0) is 4.79 Å². The lowest BCUT2D eigenvalue weighted by Gasteiger charge is -2.30. The molecule has 5 rings (SSSR count). The molecule has 3 N–H and O–H groups in total. The predicted octanol–water partition coefficient (Wildman–Crippen LogP) is 5.88. The molecular weight excluding hydrogens is 499 g/mol. The van der Waals surface area contributed by atoms with Crippen molar-refractivity contribution in [2.24, 2.45) is 0 Å². The Balaban J connectivity index is 1.45. The molecule has 202 valence electrons. The predicted molar refractivity (Wildman–Crippen MR) is 150 cm³/mol. The average Bonchev–Trinajstić information content (AvgIpc) is 3.38. The number of benzene rings is 2. The number of carbonyl (C=O) groups is 1. The minimum absolute atomic E-state index is 0.164. The van der Waals surface area contributed by atoms with Gasteiger partial charge >= 0.3 is 0 Å². The molecular formula is C29H31FN6O3. The molecule has 1 fully saturated rings. The fraction of sp³-hybridized carbons (Fsp3) is 0.276. The molecule has 1 saturated heterocycles. The molecule has 0 aliphatic carbocycles. The highest BCUT2D eigenvalue weighted by Crippen LogP contribution is 2.38. The van der Waals surface area contributed by atoms with Crippen LogP contribution in [-0.4, -0.2) is 53.0 Å². The van der Waals surface area contributed by atoms with E-state index in [2.05, 4.69) is 63.2 Å². The Bertz CT molecular complexity index is 1530. The minimum Gasteiger partial charge on any atom is -0.495 e. The summed E-state index contributed by atoms with van der Waals surface area (Å²) in [6.07, 6.45) is 5.05. The van der Waals surface area contributed by atoms with Crippen molar-refractivity contribution >= 4 is 34.3 Å². The number of aryl methyl sites for hydroxylation is 1. The summed E-state index contributed by atoms with van der Waals surface area (Å²) in [6.45, 7) is 7.67. The van der Waals surface area contributed by atoms with Gasteiger partial charge < -0.3 is 30.0 Å². The van der Waals surface area contributed by atoms with Crippen LogP contribution in [0.5, 0.6) is 17.4 Å². The molecule has 39 heavy (non-hydrogen) atoms. The van der Waals surface area contributed by atoms with Crippen LogP contribution in [0.15, 0.2) is 55.3 Å². The van der Waals surface area contributed by atoms with Gasteiger partial charge in [0.1, 0.15) is 23.0 Å². The first kappa shape index (κ1) is 26.2. The monoisotopic (exact) mass is 530 g/mol. The topological polar surface area (TPSA) is 104 Å². The molecule has 1 amide bonds. The number of piperidine rings is 1. The number of fused-ring (bicyclic) bond motifs is 1. The molecule has 2 aromatic carbocycles. The molecule has 0 unspecified atom stereocenters. The first-order valence-corrected chi connectivity index (χ1v) is 12.7. The summed E-state index contributed by atoms with van der Waals surface area (Å²) in [4.78, 5) is 26.3. The van der Waals surface area contributed by atoms with E-state index in [0.29, 0.717) is 22.7 Å². The van der Waals surface area contributed by atoms with Gasteiger partial charge in [0.05, 0.1) is 18.2 Å². The van der Waals surface area contributed by atoms with Gasteiger partial charge in [-0.2, -0.15) is 9.97 Å². The number of rotatable bonds is 8. The van der Waals surface area contributed by atoms with Gasteiger partial charge in [0.2, 0.25) is 17.7 Å². The van der Waals surface area contributed by atoms with E-state index >= 15 is 0 Å². The molecule has 0 saturated carbocycles. The molecule has 9 nitrogen and oxygen atoms in total. The molecule has 0 spiro atoms. The second-order valence-electron chi connectivity index (χ2n) is 9.67. The number of H-pyrrole nitrogens is 1. The number of ether oxygens (including phenoxy) is 2. The highest BCUT2D eigenvalue weighted by molar-refractivity contribution is 5.99. The SMILES string of the molecule is C=CC(=O)Nc1cc(F)cc(Oc2nc(Nc3cc(C)c(C4CCN(C)CC4)cc3OC)nc3[nH]ccc23)c1. The maximum absolute atomic E-state index is 14.3. The number of nitrogens with one attached hydrogen (secondary N) is 3. The van der Waals surface area contributed by atoms with Crippen LogP contribution in [0.3, 0.4) is 0 Å². The number of amides is 1. The average molecular weight is 531 g/mol. The smallest absolute Gasteiger partial charge is 0.247 e. The summed E-state index contributed by atoms with van der Waals surface area (Å²) in [5.41, 5.74) is 3.96. The van der Waals surface area contributed by atoms with Gasteiger partial charge in [-0.15, -0.1) is 0 Å². The van der Waals surface area contributed by atoms with Gasteiger partial charge in [-0.1, -0.05) is 6.58 Å². The van der Waals surface area contributed by atoms with Crippen molar-refractivity contribution in [3.8, 4) is 17.4 Å². The summed E-state index contributed by atoms with van der Waals surface area (Å²) in [5.74, 6) is 0.810. The Labute approximate surface area is 226 Å². The van der Waals surface area contributed by atoms with Crippen LogP contribution in [0.25, 0.3) is 11.0 Å². The first-order chi connectivity index (χ1) is 18.8. The number of hydrogen-bond acceptors (Lipinski definition) is 7.